The van der Waals surface area contributed by atoms with Crippen molar-refractivity contribution in [3.8, 4) is 5.75 Å². The van der Waals surface area contributed by atoms with Crippen LogP contribution < -0.4 is 10.2 Å². The summed E-state index contributed by atoms with van der Waals surface area (Å²) in [6.07, 6.45) is 2.13. The molecule has 2 aromatic carbocycles. The first-order chi connectivity index (χ1) is 16.1. The van der Waals surface area contributed by atoms with Crippen LogP contribution in [0.3, 0.4) is 0 Å². The number of rotatable bonds is 6. The van der Waals surface area contributed by atoms with Crippen LogP contribution >= 0.6 is 0 Å². The first kappa shape index (κ1) is 28.3. The molecular formula is C30H42N2O3. The molecule has 0 aliphatic heterocycles. The van der Waals surface area contributed by atoms with Gasteiger partial charge >= 0.3 is 0 Å². The molecule has 35 heavy (non-hydrogen) atoms. The third-order valence-corrected chi connectivity index (χ3v) is 6.41. The molecule has 1 N–H and O–H groups in total. The zero-order chi connectivity index (χ0) is 26.7. The van der Waals surface area contributed by atoms with Gasteiger partial charge in [-0.15, -0.1) is 0 Å². The van der Waals surface area contributed by atoms with Crippen molar-refractivity contribution < 1.29 is 14.3 Å². The molecule has 0 radical (unpaired) electrons. The zero-order valence-electron chi connectivity index (χ0n) is 23.3. The Kier molecular flexibility index (Phi) is 8.72. The quantitative estimate of drug-likeness (QED) is 0.281. The van der Waals surface area contributed by atoms with Crippen molar-refractivity contribution in [2.24, 2.45) is 10.8 Å². The highest BCUT2D eigenvalue weighted by atomic mass is 16.5. The molecule has 0 aliphatic carbocycles. The van der Waals surface area contributed by atoms with Crippen LogP contribution in [0, 0.1) is 31.6 Å². The minimum Gasteiger partial charge on any atom is -0.496 e. The van der Waals surface area contributed by atoms with Gasteiger partial charge in [0.15, 0.2) is 0 Å². The van der Waals surface area contributed by atoms with Gasteiger partial charge in [0.25, 0.3) is 11.8 Å². The van der Waals surface area contributed by atoms with Gasteiger partial charge in [-0.05, 0) is 62.8 Å². The molecule has 5 heteroatoms. The average molecular weight is 479 g/mol. The lowest BCUT2D eigenvalue weighted by molar-refractivity contribution is 0.0464. The Morgan fingerprint density at radius 3 is 2.00 bits per heavy atom. The Balaban J connectivity index is 2.66. The van der Waals surface area contributed by atoms with Gasteiger partial charge in [-0.25, -0.2) is 10.4 Å². The van der Waals surface area contributed by atoms with E-state index in [0.717, 1.165) is 11.1 Å². The highest BCUT2D eigenvalue weighted by molar-refractivity contribution is 6.10. The average Bonchev–Trinajstić information content (AvgIpc) is 2.73. The maximum absolute atomic E-state index is 13.9. The molecule has 0 saturated carbocycles. The second-order valence-corrected chi connectivity index (χ2v) is 11.5. The molecule has 0 fully saturated rings. The lowest BCUT2D eigenvalue weighted by atomic mass is 9.81. The van der Waals surface area contributed by atoms with Crippen LogP contribution in [0.1, 0.15) is 85.9 Å². The minimum atomic E-state index is -0.415. The number of hydrogen-bond donors (Lipinski definition) is 1. The van der Waals surface area contributed by atoms with E-state index in [2.05, 4.69) is 60.0 Å². The van der Waals surface area contributed by atoms with Gasteiger partial charge in [0, 0.05) is 22.7 Å². The van der Waals surface area contributed by atoms with Crippen molar-refractivity contribution in [1.29, 1.82) is 0 Å². The van der Waals surface area contributed by atoms with Crippen molar-refractivity contribution in [2.75, 3.05) is 7.11 Å². The first-order valence-electron chi connectivity index (χ1n) is 12.1. The molecule has 0 heterocycles. The lowest BCUT2D eigenvalue weighted by Gasteiger charge is -2.35. The number of benzene rings is 2. The number of carbonyl (C=O) groups excluding carboxylic acids is 2. The number of hydrogen-bond acceptors (Lipinski definition) is 4. The third-order valence-electron chi connectivity index (χ3n) is 6.41. The third kappa shape index (κ3) is 7.04. The van der Waals surface area contributed by atoms with Crippen molar-refractivity contribution in [2.45, 2.75) is 75.3 Å². The van der Waals surface area contributed by atoms with Crippen LogP contribution in [-0.2, 0) is 0 Å². The van der Waals surface area contributed by atoms with Crippen molar-refractivity contribution in [3.63, 3.8) is 0 Å². The summed E-state index contributed by atoms with van der Waals surface area (Å²) in [6, 6.07) is 10.7. The van der Waals surface area contributed by atoms with Crippen LogP contribution in [0.5, 0.6) is 5.75 Å². The fraction of sp³-hybridized carbons (Fsp3) is 0.467. The predicted octanol–water partition coefficient (Wildman–Crippen LogP) is 6.81. The number of methoxy groups -OCH3 is 1. The molecule has 5 nitrogen and oxygen atoms in total. The summed E-state index contributed by atoms with van der Waals surface area (Å²) in [7, 11) is 1.57. The van der Waals surface area contributed by atoms with E-state index in [-0.39, 0.29) is 22.8 Å². The van der Waals surface area contributed by atoms with E-state index in [4.69, 9.17) is 4.74 Å². The van der Waals surface area contributed by atoms with Gasteiger partial charge in [0.05, 0.1) is 7.11 Å². The number of ether oxygens (including phenoxy) is 1. The highest BCUT2D eigenvalue weighted by Gasteiger charge is 2.33. The van der Waals surface area contributed by atoms with E-state index in [1.807, 2.05) is 45.0 Å². The second kappa shape index (κ2) is 10.8. The minimum absolute atomic E-state index is 0.0406. The van der Waals surface area contributed by atoms with Gasteiger partial charge in [-0.1, -0.05) is 76.5 Å². The molecule has 190 valence electrons. The smallest absolute Gasteiger partial charge is 0.275 e. The fourth-order valence-electron chi connectivity index (χ4n) is 3.74. The van der Waals surface area contributed by atoms with Crippen LogP contribution in [0.25, 0.3) is 0 Å². The van der Waals surface area contributed by atoms with Gasteiger partial charge in [-0.2, -0.15) is 0 Å². The molecule has 0 saturated heterocycles. The normalized spacial score (nSPS) is 13.4. The van der Waals surface area contributed by atoms with E-state index in [0.29, 0.717) is 22.4 Å². The number of amides is 2. The molecular weight excluding hydrogens is 436 g/mol. The number of nitrogens with one attached hydrogen (secondary N) is 1. The number of carbonyl (C=O) groups is 2. The number of hydrazine groups is 1. The number of allylic oxidation sites excluding steroid dienone is 1. The Labute approximate surface area is 211 Å². The lowest BCUT2D eigenvalue weighted by Crippen LogP contribution is -2.55. The molecule has 1 atom stereocenters. The Hall–Kier alpha value is -2.92. The van der Waals surface area contributed by atoms with Crippen LogP contribution in [0.4, 0.5) is 0 Å². The molecule has 0 aliphatic rings. The van der Waals surface area contributed by atoms with Gasteiger partial charge in [0.2, 0.25) is 0 Å². The fourth-order valence-corrected chi connectivity index (χ4v) is 3.74. The summed E-state index contributed by atoms with van der Waals surface area (Å²) >= 11 is 0. The van der Waals surface area contributed by atoms with Crippen molar-refractivity contribution in [3.05, 3.63) is 75.9 Å². The summed E-state index contributed by atoms with van der Waals surface area (Å²) in [6.45, 7) is 20.6. The first-order valence-corrected chi connectivity index (χ1v) is 12.1. The van der Waals surface area contributed by atoms with Gasteiger partial charge < -0.3 is 4.74 Å². The Bertz CT molecular complexity index is 1100. The molecule has 2 amide bonds. The molecule has 2 aromatic rings. The van der Waals surface area contributed by atoms with Crippen molar-refractivity contribution in [1.82, 2.24) is 10.4 Å². The van der Waals surface area contributed by atoms with Crippen LogP contribution in [0.2, 0.25) is 0 Å². The molecule has 0 spiro atoms. The van der Waals surface area contributed by atoms with Crippen LogP contribution in [-0.4, -0.2) is 30.0 Å². The van der Waals surface area contributed by atoms with Gasteiger partial charge in [-0.3, -0.25) is 9.59 Å². The topological polar surface area (TPSA) is 58.6 Å². The van der Waals surface area contributed by atoms with E-state index >= 15 is 0 Å². The molecule has 0 aromatic heterocycles. The zero-order valence-corrected chi connectivity index (χ0v) is 23.3. The highest BCUT2D eigenvalue weighted by Crippen LogP contribution is 2.30. The second-order valence-electron chi connectivity index (χ2n) is 11.5. The maximum atomic E-state index is 13.9. The summed E-state index contributed by atoms with van der Waals surface area (Å²) in [5.74, 6) is -0.202. The van der Waals surface area contributed by atoms with E-state index in [1.54, 1.807) is 19.2 Å². The van der Waals surface area contributed by atoms with Crippen LogP contribution in [0.15, 0.2) is 48.0 Å². The van der Waals surface area contributed by atoms with Crippen molar-refractivity contribution >= 4 is 11.8 Å². The van der Waals surface area contributed by atoms with E-state index in [1.165, 1.54) is 10.6 Å². The summed E-state index contributed by atoms with van der Waals surface area (Å²) in [4.78, 5) is 27.8. The largest absolute Gasteiger partial charge is 0.496 e. The van der Waals surface area contributed by atoms with E-state index in [9.17, 15) is 9.59 Å². The van der Waals surface area contributed by atoms with E-state index < -0.39 is 5.91 Å². The SMILES string of the molecule is COc1cccc(C(=O)N(NC(C=C(C)C(C)(C)C)C(C)(C)C)C(=O)c2cc(C)cc(C)c2)c1C. The standard InChI is InChI=1S/C30H42N2O3/c1-19-15-20(2)17-23(16-19)27(33)32(28(34)24-13-12-14-25(35-11)22(24)4)31-26(30(8,9)10)18-21(3)29(5,6)7/h12-18,26,31H,1-11H3. The number of imide groups is 1. The van der Waals surface area contributed by atoms with Gasteiger partial charge in [0.1, 0.15) is 5.75 Å². The predicted molar refractivity (Wildman–Crippen MR) is 144 cm³/mol. The number of aryl methyl sites for hydroxylation is 2. The molecule has 0 bridgehead atoms. The summed E-state index contributed by atoms with van der Waals surface area (Å²) in [5.41, 5.74) is 7.69. The molecule has 2 rings (SSSR count). The monoisotopic (exact) mass is 478 g/mol. The maximum Gasteiger partial charge on any atom is 0.275 e. The Morgan fingerprint density at radius 2 is 1.51 bits per heavy atom. The summed E-state index contributed by atoms with van der Waals surface area (Å²) < 4.78 is 5.43. The molecule has 1 unspecified atom stereocenters. The summed E-state index contributed by atoms with van der Waals surface area (Å²) in [5, 5.41) is 1.18. The number of nitrogens with zero attached hydrogens (tertiary/aromatic N) is 1. The Morgan fingerprint density at radius 1 is 0.943 bits per heavy atom.